The van der Waals surface area contributed by atoms with Gasteiger partial charge in [-0.2, -0.15) is 0 Å². The maximum atomic E-state index is 2.35. The first-order valence-electron chi connectivity index (χ1n) is 7.51. The van der Waals surface area contributed by atoms with Crippen LogP contribution in [0.4, 0.5) is 0 Å². The fourth-order valence-electron chi connectivity index (χ4n) is 3.44. The van der Waals surface area contributed by atoms with Gasteiger partial charge in [0.05, 0.1) is 0 Å². The van der Waals surface area contributed by atoms with E-state index in [1.165, 1.54) is 48.8 Å². The maximum absolute atomic E-state index is 2.35. The lowest BCUT2D eigenvalue weighted by Gasteiger charge is -2.24. The van der Waals surface area contributed by atoms with Crippen LogP contribution in [-0.2, 0) is 0 Å². The topological polar surface area (TPSA) is 0 Å². The predicted octanol–water partition coefficient (Wildman–Crippen LogP) is 5.71. The Hall–Kier alpha value is -1.56. The Morgan fingerprint density at radius 2 is 1.53 bits per heavy atom. The smallest absolute Gasteiger partial charge is 0.0152 e. The minimum atomic E-state index is 0.789. The van der Waals surface area contributed by atoms with E-state index in [1.807, 2.05) is 0 Å². The van der Waals surface area contributed by atoms with Gasteiger partial charge in [0.25, 0.3) is 0 Å². The Labute approximate surface area is 116 Å². The van der Waals surface area contributed by atoms with E-state index in [2.05, 4.69) is 55.5 Å². The lowest BCUT2D eigenvalue weighted by Crippen LogP contribution is -2.06. The van der Waals surface area contributed by atoms with Crippen molar-refractivity contribution in [2.24, 2.45) is 0 Å². The van der Waals surface area contributed by atoms with E-state index in [0.29, 0.717) is 0 Å². The highest BCUT2D eigenvalue weighted by Gasteiger charge is 2.18. The first-order valence-corrected chi connectivity index (χ1v) is 7.51. The average Bonchev–Trinajstić information content (AvgIpc) is 2.49. The largest absolute Gasteiger partial charge is 0.0622 e. The molecule has 1 saturated carbocycles. The molecular formula is C19H22. The summed E-state index contributed by atoms with van der Waals surface area (Å²) in [4.78, 5) is 0. The van der Waals surface area contributed by atoms with Crippen LogP contribution in [0.3, 0.4) is 0 Å². The molecule has 0 amide bonds. The molecule has 2 aromatic rings. The zero-order chi connectivity index (χ0) is 13.1. The van der Waals surface area contributed by atoms with E-state index >= 15 is 0 Å². The Morgan fingerprint density at radius 1 is 0.789 bits per heavy atom. The van der Waals surface area contributed by atoms with Crippen LogP contribution in [0, 0.1) is 6.92 Å². The van der Waals surface area contributed by atoms with Gasteiger partial charge in [-0.3, -0.25) is 0 Å². The minimum absolute atomic E-state index is 0.789. The Balaban J connectivity index is 1.99. The van der Waals surface area contributed by atoms with Crippen molar-refractivity contribution in [1.29, 1.82) is 0 Å². The van der Waals surface area contributed by atoms with Gasteiger partial charge >= 0.3 is 0 Å². The number of benzene rings is 2. The molecule has 0 heteroatoms. The van der Waals surface area contributed by atoms with E-state index in [1.54, 1.807) is 5.56 Å². The van der Waals surface area contributed by atoms with Gasteiger partial charge in [0.1, 0.15) is 0 Å². The third-order valence-corrected chi connectivity index (χ3v) is 4.51. The number of rotatable bonds is 2. The molecule has 0 unspecified atom stereocenters. The van der Waals surface area contributed by atoms with E-state index < -0.39 is 0 Å². The molecule has 0 atom stereocenters. The number of hydrogen-bond donors (Lipinski definition) is 0. The van der Waals surface area contributed by atoms with E-state index in [4.69, 9.17) is 0 Å². The Kier molecular flexibility index (Phi) is 3.68. The highest BCUT2D eigenvalue weighted by Crippen LogP contribution is 2.37. The fraction of sp³-hybridized carbons (Fsp3) is 0.368. The molecule has 1 fully saturated rings. The molecule has 98 valence electrons. The monoisotopic (exact) mass is 250 g/mol. The van der Waals surface area contributed by atoms with E-state index in [9.17, 15) is 0 Å². The summed E-state index contributed by atoms with van der Waals surface area (Å²) in [5.74, 6) is 0.789. The van der Waals surface area contributed by atoms with Gasteiger partial charge < -0.3 is 0 Å². The molecule has 3 rings (SSSR count). The van der Waals surface area contributed by atoms with Crippen molar-refractivity contribution in [2.45, 2.75) is 44.9 Å². The third kappa shape index (κ3) is 2.58. The lowest BCUT2D eigenvalue weighted by molar-refractivity contribution is 0.442. The second-order valence-corrected chi connectivity index (χ2v) is 5.72. The normalized spacial score (nSPS) is 16.5. The van der Waals surface area contributed by atoms with E-state index in [0.717, 1.165) is 5.92 Å². The molecule has 0 aliphatic heterocycles. The molecule has 0 nitrogen and oxygen atoms in total. The molecule has 0 heterocycles. The lowest BCUT2D eigenvalue weighted by atomic mass is 9.81. The molecule has 0 bridgehead atoms. The summed E-state index contributed by atoms with van der Waals surface area (Å²) in [6, 6.07) is 17.6. The van der Waals surface area contributed by atoms with Gasteiger partial charge in [0.15, 0.2) is 0 Å². The van der Waals surface area contributed by atoms with Crippen LogP contribution in [0.5, 0.6) is 0 Å². The number of hydrogen-bond acceptors (Lipinski definition) is 0. The summed E-state index contributed by atoms with van der Waals surface area (Å²) in [6.45, 7) is 2.30. The average molecular weight is 250 g/mol. The minimum Gasteiger partial charge on any atom is -0.0622 e. The molecule has 1 aliphatic rings. The molecule has 0 aromatic heterocycles. The van der Waals surface area contributed by atoms with Crippen molar-refractivity contribution in [3.05, 3.63) is 59.7 Å². The fourth-order valence-corrected chi connectivity index (χ4v) is 3.44. The Bertz CT molecular complexity index is 533. The van der Waals surface area contributed by atoms with Gasteiger partial charge in [-0.15, -0.1) is 0 Å². The van der Waals surface area contributed by atoms with Crippen molar-refractivity contribution in [3.8, 4) is 11.1 Å². The maximum Gasteiger partial charge on any atom is -0.0152 e. The summed E-state index contributed by atoms with van der Waals surface area (Å²) in [7, 11) is 0. The molecule has 0 spiro atoms. The second-order valence-electron chi connectivity index (χ2n) is 5.72. The van der Waals surface area contributed by atoms with Crippen LogP contribution in [0.25, 0.3) is 11.1 Å². The summed E-state index contributed by atoms with van der Waals surface area (Å²) in [5, 5.41) is 0. The summed E-state index contributed by atoms with van der Waals surface area (Å²) < 4.78 is 0. The SMILES string of the molecule is Cc1c(-c2ccccc2)cccc1C1CCCCC1. The second kappa shape index (κ2) is 5.61. The summed E-state index contributed by atoms with van der Waals surface area (Å²) in [5.41, 5.74) is 5.82. The molecule has 2 aromatic carbocycles. The van der Waals surface area contributed by atoms with Crippen LogP contribution in [0.15, 0.2) is 48.5 Å². The molecule has 0 N–H and O–H groups in total. The van der Waals surface area contributed by atoms with Crippen LogP contribution in [0.2, 0.25) is 0 Å². The summed E-state index contributed by atoms with van der Waals surface area (Å²) in [6.07, 6.45) is 6.98. The Morgan fingerprint density at radius 3 is 2.26 bits per heavy atom. The first-order chi connectivity index (χ1) is 9.36. The molecule has 1 aliphatic carbocycles. The highest BCUT2D eigenvalue weighted by molar-refractivity contribution is 5.68. The first kappa shape index (κ1) is 12.5. The van der Waals surface area contributed by atoms with Crippen molar-refractivity contribution in [3.63, 3.8) is 0 Å². The van der Waals surface area contributed by atoms with Crippen molar-refractivity contribution >= 4 is 0 Å². The van der Waals surface area contributed by atoms with E-state index in [-0.39, 0.29) is 0 Å². The summed E-state index contributed by atoms with van der Waals surface area (Å²) >= 11 is 0. The quantitative estimate of drug-likeness (QED) is 0.640. The van der Waals surface area contributed by atoms with Gasteiger partial charge in [-0.1, -0.05) is 67.8 Å². The van der Waals surface area contributed by atoms with Crippen molar-refractivity contribution < 1.29 is 0 Å². The van der Waals surface area contributed by atoms with Gasteiger partial charge in [0, 0.05) is 0 Å². The van der Waals surface area contributed by atoms with Crippen molar-refractivity contribution in [2.75, 3.05) is 0 Å². The molecule has 0 saturated heterocycles. The van der Waals surface area contributed by atoms with Crippen molar-refractivity contribution in [1.82, 2.24) is 0 Å². The zero-order valence-corrected chi connectivity index (χ0v) is 11.7. The van der Waals surface area contributed by atoms with Crippen LogP contribution in [-0.4, -0.2) is 0 Å². The van der Waals surface area contributed by atoms with Crippen LogP contribution in [0.1, 0.15) is 49.1 Å². The molecular weight excluding hydrogens is 228 g/mol. The zero-order valence-electron chi connectivity index (χ0n) is 11.7. The van der Waals surface area contributed by atoms with Gasteiger partial charge in [0.2, 0.25) is 0 Å². The third-order valence-electron chi connectivity index (χ3n) is 4.51. The predicted molar refractivity (Wildman–Crippen MR) is 82.4 cm³/mol. The van der Waals surface area contributed by atoms with Gasteiger partial charge in [-0.05, 0) is 47.9 Å². The standard InChI is InChI=1S/C19H22/c1-15-18(16-9-4-2-5-10-16)13-8-14-19(15)17-11-6-3-7-12-17/h2,4-5,8-10,13-14,17H,3,6-7,11-12H2,1H3. The highest BCUT2D eigenvalue weighted by atomic mass is 14.2. The molecule has 0 radical (unpaired) electrons. The van der Waals surface area contributed by atoms with Crippen LogP contribution < -0.4 is 0 Å². The molecule has 19 heavy (non-hydrogen) atoms. The van der Waals surface area contributed by atoms with Gasteiger partial charge in [-0.25, -0.2) is 0 Å². The van der Waals surface area contributed by atoms with Crippen LogP contribution >= 0.6 is 0 Å².